The van der Waals surface area contributed by atoms with Crippen molar-refractivity contribution in [1.82, 2.24) is 5.32 Å². The number of allylic oxidation sites excluding steroid dienone is 8. The van der Waals surface area contributed by atoms with Gasteiger partial charge in [0, 0.05) is 6.42 Å². The van der Waals surface area contributed by atoms with Crippen molar-refractivity contribution in [2.75, 3.05) is 6.61 Å². The van der Waals surface area contributed by atoms with E-state index < -0.39 is 18.2 Å². The molecule has 3 unspecified atom stereocenters. The van der Waals surface area contributed by atoms with Crippen LogP contribution >= 0.6 is 0 Å². The molecule has 0 radical (unpaired) electrons. The SMILES string of the molecule is CCC/C=C\CCCCCCCC(=O)OC(CCCCC/C=C/C=C/C=C/CCCCCCC)CC(=O)NC(CO)C(O)CCCCCCCCCCCCCCC. The Morgan fingerprint density at radius 3 is 1.45 bits per heavy atom. The summed E-state index contributed by atoms with van der Waals surface area (Å²) in [5.74, 6) is -0.517. The summed E-state index contributed by atoms with van der Waals surface area (Å²) in [4.78, 5) is 26.0. The van der Waals surface area contributed by atoms with Gasteiger partial charge in [0.1, 0.15) is 6.10 Å². The van der Waals surface area contributed by atoms with Crippen molar-refractivity contribution in [2.24, 2.45) is 0 Å². The Kier molecular flexibility index (Phi) is 44.2. The van der Waals surface area contributed by atoms with E-state index in [0.29, 0.717) is 19.3 Å². The molecule has 6 nitrogen and oxygen atoms in total. The molecular weight excluding hydrogens is 719 g/mol. The molecule has 0 saturated heterocycles. The van der Waals surface area contributed by atoms with Crippen molar-refractivity contribution in [3.05, 3.63) is 48.6 Å². The van der Waals surface area contributed by atoms with Crippen molar-refractivity contribution in [3.8, 4) is 0 Å². The van der Waals surface area contributed by atoms with Gasteiger partial charge < -0.3 is 20.3 Å². The Bertz CT molecular complexity index is 1000. The standard InChI is InChI=1S/C52H95NO5/c1-4-7-10-13-16-19-22-24-25-26-28-29-31-34-37-40-43-48(58-52(57)45-42-39-36-33-21-18-15-12-9-6-3)46-51(56)53-49(47-54)50(55)44-41-38-35-32-30-27-23-20-17-14-11-8-5-2/h12,15,22,24-26,28-29,48-50,54-55H,4-11,13-14,16-21,23,27,30-47H2,1-3H3,(H,53,56)/b15-12-,24-22+,26-25+,29-28+. The van der Waals surface area contributed by atoms with Crippen LogP contribution in [0.5, 0.6) is 0 Å². The Labute approximate surface area is 359 Å². The summed E-state index contributed by atoms with van der Waals surface area (Å²) >= 11 is 0. The number of esters is 1. The third-order valence-corrected chi connectivity index (χ3v) is 11.2. The van der Waals surface area contributed by atoms with E-state index in [4.69, 9.17) is 4.74 Å². The summed E-state index contributed by atoms with van der Waals surface area (Å²) < 4.78 is 5.89. The van der Waals surface area contributed by atoms with E-state index in [-0.39, 0.29) is 24.9 Å². The lowest BCUT2D eigenvalue weighted by Gasteiger charge is -2.24. The van der Waals surface area contributed by atoms with Crippen LogP contribution in [0.1, 0.15) is 245 Å². The van der Waals surface area contributed by atoms with Crippen LogP contribution in [0.15, 0.2) is 48.6 Å². The van der Waals surface area contributed by atoms with Crippen molar-refractivity contribution in [1.29, 1.82) is 0 Å². The molecule has 0 spiro atoms. The van der Waals surface area contributed by atoms with Crippen LogP contribution in [-0.2, 0) is 14.3 Å². The molecule has 0 aliphatic heterocycles. The number of hydrogen-bond acceptors (Lipinski definition) is 5. The zero-order valence-corrected chi connectivity index (χ0v) is 38.4. The van der Waals surface area contributed by atoms with Gasteiger partial charge in [-0.15, -0.1) is 0 Å². The Morgan fingerprint density at radius 2 is 0.931 bits per heavy atom. The molecule has 0 saturated carbocycles. The van der Waals surface area contributed by atoms with Gasteiger partial charge in [0.2, 0.25) is 5.91 Å². The number of carbonyl (C=O) groups excluding carboxylic acids is 2. The summed E-state index contributed by atoms with van der Waals surface area (Å²) in [5, 5.41) is 23.7. The highest BCUT2D eigenvalue weighted by molar-refractivity contribution is 5.77. The van der Waals surface area contributed by atoms with Gasteiger partial charge in [0.05, 0.1) is 25.2 Å². The highest BCUT2D eigenvalue weighted by Crippen LogP contribution is 2.17. The number of aliphatic hydroxyl groups is 2. The maximum absolute atomic E-state index is 13.2. The predicted molar refractivity (Wildman–Crippen MR) is 250 cm³/mol. The smallest absolute Gasteiger partial charge is 0.306 e. The van der Waals surface area contributed by atoms with E-state index in [1.165, 1.54) is 116 Å². The van der Waals surface area contributed by atoms with E-state index in [1.54, 1.807) is 0 Å². The first-order valence-electron chi connectivity index (χ1n) is 24.9. The van der Waals surface area contributed by atoms with Crippen molar-refractivity contribution >= 4 is 11.9 Å². The van der Waals surface area contributed by atoms with E-state index >= 15 is 0 Å². The van der Waals surface area contributed by atoms with Gasteiger partial charge in [0.25, 0.3) is 0 Å². The normalized spacial score (nSPS) is 13.7. The predicted octanol–water partition coefficient (Wildman–Crippen LogP) is 14.7. The van der Waals surface area contributed by atoms with Crippen molar-refractivity contribution in [2.45, 2.75) is 264 Å². The Morgan fingerprint density at radius 1 is 0.500 bits per heavy atom. The third kappa shape index (κ3) is 40.6. The largest absolute Gasteiger partial charge is 0.462 e. The molecule has 6 heteroatoms. The number of amides is 1. The average Bonchev–Trinajstić information content (AvgIpc) is 3.22. The molecule has 0 rings (SSSR count). The first-order valence-corrected chi connectivity index (χ1v) is 24.9. The topological polar surface area (TPSA) is 95.9 Å². The molecule has 0 aliphatic carbocycles. The first-order chi connectivity index (χ1) is 28.5. The number of unbranched alkanes of at least 4 members (excludes halogenated alkanes) is 26. The molecule has 0 bridgehead atoms. The quantitative estimate of drug-likeness (QED) is 0.0246. The maximum Gasteiger partial charge on any atom is 0.306 e. The van der Waals surface area contributed by atoms with Gasteiger partial charge in [-0.25, -0.2) is 0 Å². The van der Waals surface area contributed by atoms with Crippen LogP contribution in [0.2, 0.25) is 0 Å². The van der Waals surface area contributed by atoms with E-state index in [0.717, 1.165) is 83.5 Å². The lowest BCUT2D eigenvalue weighted by Crippen LogP contribution is -2.46. The summed E-state index contributed by atoms with van der Waals surface area (Å²) in [7, 11) is 0. The lowest BCUT2D eigenvalue weighted by atomic mass is 10.0. The van der Waals surface area contributed by atoms with Gasteiger partial charge in [-0.1, -0.05) is 211 Å². The molecule has 0 heterocycles. The second-order valence-corrected chi connectivity index (χ2v) is 16.9. The monoisotopic (exact) mass is 814 g/mol. The summed E-state index contributed by atoms with van der Waals surface area (Å²) in [6, 6.07) is -0.713. The molecule has 0 aromatic heterocycles. The van der Waals surface area contributed by atoms with E-state index in [2.05, 4.69) is 74.7 Å². The minimum Gasteiger partial charge on any atom is -0.462 e. The summed E-state index contributed by atoms with van der Waals surface area (Å²) in [5.41, 5.74) is 0. The fraction of sp³-hybridized carbons (Fsp3) is 0.808. The fourth-order valence-electron chi connectivity index (χ4n) is 7.37. The number of carbonyl (C=O) groups is 2. The minimum atomic E-state index is -0.797. The van der Waals surface area contributed by atoms with Crippen molar-refractivity contribution < 1.29 is 24.5 Å². The van der Waals surface area contributed by atoms with Gasteiger partial charge in [-0.2, -0.15) is 0 Å². The van der Waals surface area contributed by atoms with Crippen LogP contribution in [0.25, 0.3) is 0 Å². The van der Waals surface area contributed by atoms with Gasteiger partial charge in [0.15, 0.2) is 0 Å². The van der Waals surface area contributed by atoms with Gasteiger partial charge in [-0.3, -0.25) is 9.59 Å². The maximum atomic E-state index is 13.2. The second-order valence-electron chi connectivity index (χ2n) is 16.9. The molecule has 0 aromatic carbocycles. The zero-order valence-electron chi connectivity index (χ0n) is 38.4. The van der Waals surface area contributed by atoms with Crippen LogP contribution in [0.3, 0.4) is 0 Å². The molecule has 0 aliphatic rings. The fourth-order valence-corrected chi connectivity index (χ4v) is 7.37. The van der Waals surface area contributed by atoms with E-state index in [9.17, 15) is 19.8 Å². The van der Waals surface area contributed by atoms with Gasteiger partial charge >= 0.3 is 5.97 Å². The van der Waals surface area contributed by atoms with E-state index in [1.807, 2.05) is 0 Å². The second kappa shape index (κ2) is 45.9. The van der Waals surface area contributed by atoms with Crippen LogP contribution < -0.4 is 5.32 Å². The molecule has 0 fully saturated rings. The minimum absolute atomic E-state index is 0.0518. The number of aliphatic hydroxyl groups excluding tert-OH is 2. The molecule has 3 N–H and O–H groups in total. The Hall–Kier alpha value is -2.18. The molecule has 338 valence electrons. The molecular formula is C52H95NO5. The highest BCUT2D eigenvalue weighted by atomic mass is 16.5. The Balaban J connectivity index is 4.65. The summed E-state index contributed by atoms with van der Waals surface area (Å²) in [6.07, 6.45) is 54.5. The summed E-state index contributed by atoms with van der Waals surface area (Å²) in [6.45, 7) is 6.39. The molecule has 3 atom stereocenters. The number of hydrogen-bond donors (Lipinski definition) is 3. The third-order valence-electron chi connectivity index (χ3n) is 11.2. The number of ether oxygens (including phenoxy) is 1. The first kappa shape index (κ1) is 55.8. The highest BCUT2D eigenvalue weighted by Gasteiger charge is 2.24. The lowest BCUT2D eigenvalue weighted by molar-refractivity contribution is -0.151. The molecule has 58 heavy (non-hydrogen) atoms. The zero-order chi connectivity index (χ0) is 42.4. The number of rotatable bonds is 44. The number of nitrogens with one attached hydrogen (secondary N) is 1. The van der Waals surface area contributed by atoms with Crippen LogP contribution in [0.4, 0.5) is 0 Å². The van der Waals surface area contributed by atoms with Gasteiger partial charge in [-0.05, 0) is 70.6 Å². The average molecular weight is 814 g/mol. The molecule has 1 amide bonds. The van der Waals surface area contributed by atoms with Crippen LogP contribution in [0, 0.1) is 0 Å². The van der Waals surface area contributed by atoms with Crippen LogP contribution in [-0.4, -0.2) is 46.9 Å². The van der Waals surface area contributed by atoms with Crippen molar-refractivity contribution in [3.63, 3.8) is 0 Å². The molecule has 0 aromatic rings.